The number of amides is 1. The summed E-state index contributed by atoms with van der Waals surface area (Å²) in [6, 6.07) is 2.70. The first-order valence-electron chi connectivity index (χ1n) is 6.45. The maximum Gasteiger partial charge on any atom is 0.337 e. The Bertz CT molecular complexity index is 652. The van der Waals surface area contributed by atoms with Gasteiger partial charge in [-0.25, -0.2) is 14.8 Å². The van der Waals surface area contributed by atoms with E-state index in [9.17, 15) is 9.59 Å². The van der Waals surface area contributed by atoms with Gasteiger partial charge in [0.1, 0.15) is 5.69 Å². The summed E-state index contributed by atoms with van der Waals surface area (Å²) in [7, 11) is 0. The summed E-state index contributed by atoms with van der Waals surface area (Å²) in [4.78, 5) is 30.9. The lowest BCUT2D eigenvalue weighted by Crippen LogP contribution is -2.36. The number of pyridine rings is 1. The molecule has 2 aromatic heterocycles. The van der Waals surface area contributed by atoms with Gasteiger partial charge >= 0.3 is 5.97 Å². The van der Waals surface area contributed by atoms with Crippen molar-refractivity contribution in [2.75, 3.05) is 0 Å². The fourth-order valence-electron chi connectivity index (χ4n) is 1.97. The van der Waals surface area contributed by atoms with E-state index < -0.39 is 5.97 Å². The van der Waals surface area contributed by atoms with Gasteiger partial charge in [-0.15, -0.1) is 0 Å². The molecule has 2 N–H and O–H groups in total. The number of nitrogens with zero attached hydrogens (tertiary/aromatic N) is 3. The minimum absolute atomic E-state index is 0.0954. The Kier molecular flexibility index (Phi) is 4.32. The van der Waals surface area contributed by atoms with Gasteiger partial charge in [0, 0.05) is 25.0 Å². The molecule has 7 heteroatoms. The lowest BCUT2D eigenvalue weighted by molar-refractivity contribution is 0.0694. The molecule has 110 valence electrons. The summed E-state index contributed by atoms with van der Waals surface area (Å²) in [5, 5.41) is 11.7. The predicted octanol–water partition coefficient (Wildman–Crippen LogP) is 1.10. The van der Waals surface area contributed by atoms with Crippen LogP contribution in [0.2, 0.25) is 0 Å². The van der Waals surface area contributed by atoms with Crippen LogP contribution in [0.4, 0.5) is 0 Å². The third kappa shape index (κ3) is 3.65. The zero-order chi connectivity index (χ0) is 15.4. The Morgan fingerprint density at radius 3 is 2.76 bits per heavy atom. The number of aromatic nitrogens is 3. The fourth-order valence-corrected chi connectivity index (χ4v) is 1.97. The number of carbonyl (C=O) groups is 2. The van der Waals surface area contributed by atoms with E-state index in [2.05, 4.69) is 15.3 Å². The van der Waals surface area contributed by atoms with Gasteiger partial charge in [0.15, 0.2) is 0 Å². The average Bonchev–Trinajstić information content (AvgIpc) is 2.90. The number of carboxylic acids is 1. The summed E-state index contributed by atoms with van der Waals surface area (Å²) in [5.41, 5.74) is 0.616. The first-order valence-corrected chi connectivity index (χ1v) is 6.45. The number of carbonyl (C=O) groups excluding carboxylic acids is 1. The highest BCUT2D eigenvalue weighted by Gasteiger charge is 2.14. The second kappa shape index (κ2) is 6.17. The minimum atomic E-state index is -1.06. The molecule has 0 aliphatic rings. The van der Waals surface area contributed by atoms with E-state index in [1.165, 1.54) is 12.1 Å². The topological polar surface area (TPSA) is 97.1 Å². The van der Waals surface area contributed by atoms with Gasteiger partial charge in [0.25, 0.3) is 5.91 Å². The normalized spacial score (nSPS) is 11.9. The summed E-state index contributed by atoms with van der Waals surface area (Å²) in [6.45, 7) is 4.03. The summed E-state index contributed by atoms with van der Waals surface area (Å²) in [6.07, 6.45) is 5.16. The second-order valence-corrected chi connectivity index (χ2v) is 4.77. The first kappa shape index (κ1) is 14.7. The quantitative estimate of drug-likeness (QED) is 0.858. The van der Waals surface area contributed by atoms with Gasteiger partial charge < -0.3 is 15.0 Å². The van der Waals surface area contributed by atoms with Crippen LogP contribution >= 0.6 is 0 Å². The molecule has 7 nitrogen and oxygen atoms in total. The highest BCUT2D eigenvalue weighted by atomic mass is 16.4. The SMILES string of the molecule is Cc1nc(C(=O)NC(C)Cn2ccnc2)ccc1C(=O)O. The van der Waals surface area contributed by atoms with Gasteiger partial charge in [-0.1, -0.05) is 0 Å². The number of aromatic carboxylic acids is 1. The first-order chi connectivity index (χ1) is 9.97. The molecule has 2 heterocycles. The lowest BCUT2D eigenvalue weighted by Gasteiger charge is -2.14. The Morgan fingerprint density at radius 1 is 1.43 bits per heavy atom. The zero-order valence-corrected chi connectivity index (χ0v) is 11.8. The molecule has 0 saturated carbocycles. The van der Waals surface area contributed by atoms with Crippen molar-refractivity contribution in [3.63, 3.8) is 0 Å². The van der Waals surface area contributed by atoms with Crippen LogP contribution < -0.4 is 5.32 Å². The van der Waals surface area contributed by atoms with Crippen LogP contribution in [0.5, 0.6) is 0 Å². The van der Waals surface area contributed by atoms with Crippen molar-refractivity contribution in [3.8, 4) is 0 Å². The van der Waals surface area contributed by atoms with E-state index in [-0.39, 0.29) is 23.2 Å². The standard InChI is InChI=1S/C14H16N4O3/c1-9(7-18-6-5-15-8-18)16-13(19)12-4-3-11(14(20)21)10(2)17-12/h3-6,8-9H,7H2,1-2H3,(H,16,19)(H,20,21). The highest BCUT2D eigenvalue weighted by Crippen LogP contribution is 2.07. The Labute approximate surface area is 121 Å². The third-order valence-corrected chi connectivity index (χ3v) is 2.97. The number of imidazole rings is 1. The van der Waals surface area contributed by atoms with Crippen molar-refractivity contribution in [1.29, 1.82) is 0 Å². The number of aryl methyl sites for hydroxylation is 1. The molecule has 0 radical (unpaired) electrons. The van der Waals surface area contributed by atoms with Gasteiger partial charge in [0.2, 0.25) is 0 Å². The van der Waals surface area contributed by atoms with E-state index in [1.54, 1.807) is 19.4 Å². The molecular weight excluding hydrogens is 272 g/mol. The number of hydrogen-bond acceptors (Lipinski definition) is 4. The maximum atomic E-state index is 12.1. The Balaban J connectivity index is 2.03. The van der Waals surface area contributed by atoms with Gasteiger partial charge in [-0.3, -0.25) is 4.79 Å². The van der Waals surface area contributed by atoms with E-state index in [4.69, 9.17) is 5.11 Å². The van der Waals surface area contributed by atoms with E-state index in [1.807, 2.05) is 17.7 Å². The third-order valence-electron chi connectivity index (χ3n) is 2.97. The monoisotopic (exact) mass is 288 g/mol. The largest absolute Gasteiger partial charge is 0.478 e. The molecule has 0 saturated heterocycles. The highest BCUT2D eigenvalue weighted by molar-refractivity contribution is 5.94. The van der Waals surface area contributed by atoms with Crippen molar-refractivity contribution in [3.05, 3.63) is 47.8 Å². The molecule has 0 spiro atoms. The van der Waals surface area contributed by atoms with Crippen LogP contribution in [0.15, 0.2) is 30.9 Å². The number of hydrogen-bond donors (Lipinski definition) is 2. The average molecular weight is 288 g/mol. The van der Waals surface area contributed by atoms with Gasteiger partial charge in [0.05, 0.1) is 17.6 Å². The van der Waals surface area contributed by atoms with Crippen molar-refractivity contribution in [2.24, 2.45) is 0 Å². The van der Waals surface area contributed by atoms with Crippen molar-refractivity contribution in [1.82, 2.24) is 19.9 Å². The summed E-state index contributed by atoms with van der Waals surface area (Å²) >= 11 is 0. The molecule has 0 aliphatic heterocycles. The molecule has 0 aliphatic carbocycles. The van der Waals surface area contributed by atoms with Crippen LogP contribution in [0.3, 0.4) is 0 Å². The zero-order valence-electron chi connectivity index (χ0n) is 11.8. The predicted molar refractivity (Wildman–Crippen MR) is 75.1 cm³/mol. The van der Waals surface area contributed by atoms with Crippen molar-refractivity contribution >= 4 is 11.9 Å². The molecule has 1 unspecified atom stereocenters. The molecular formula is C14H16N4O3. The van der Waals surface area contributed by atoms with Crippen LogP contribution in [-0.4, -0.2) is 37.6 Å². The molecule has 0 bridgehead atoms. The molecule has 0 fully saturated rings. The number of carboxylic acid groups (broad SMARTS) is 1. The summed E-state index contributed by atoms with van der Waals surface area (Å²) < 4.78 is 1.86. The minimum Gasteiger partial charge on any atom is -0.478 e. The van der Waals surface area contributed by atoms with Crippen molar-refractivity contribution in [2.45, 2.75) is 26.4 Å². The number of nitrogens with one attached hydrogen (secondary N) is 1. The van der Waals surface area contributed by atoms with Gasteiger partial charge in [-0.05, 0) is 26.0 Å². The van der Waals surface area contributed by atoms with E-state index >= 15 is 0 Å². The van der Waals surface area contributed by atoms with Gasteiger partial charge in [-0.2, -0.15) is 0 Å². The molecule has 2 aromatic rings. The molecule has 2 rings (SSSR count). The van der Waals surface area contributed by atoms with E-state index in [0.717, 1.165) is 0 Å². The van der Waals surface area contributed by atoms with Crippen LogP contribution in [0, 0.1) is 6.92 Å². The Morgan fingerprint density at radius 2 is 2.19 bits per heavy atom. The van der Waals surface area contributed by atoms with Crippen molar-refractivity contribution < 1.29 is 14.7 Å². The number of rotatable bonds is 5. The van der Waals surface area contributed by atoms with E-state index in [0.29, 0.717) is 12.2 Å². The second-order valence-electron chi connectivity index (χ2n) is 4.77. The maximum absolute atomic E-state index is 12.1. The van der Waals surface area contributed by atoms with Crippen LogP contribution in [0.25, 0.3) is 0 Å². The van der Waals surface area contributed by atoms with Crippen LogP contribution in [-0.2, 0) is 6.54 Å². The smallest absolute Gasteiger partial charge is 0.337 e. The molecule has 0 aromatic carbocycles. The fraction of sp³-hybridized carbons (Fsp3) is 0.286. The van der Waals surface area contributed by atoms with Crippen LogP contribution in [0.1, 0.15) is 33.5 Å². The molecule has 1 atom stereocenters. The molecule has 21 heavy (non-hydrogen) atoms. The summed E-state index contributed by atoms with van der Waals surface area (Å²) in [5.74, 6) is -1.39. The lowest BCUT2D eigenvalue weighted by atomic mass is 10.2. The molecule has 1 amide bonds. The Hall–Kier alpha value is -2.70.